The second-order valence-electron chi connectivity index (χ2n) is 7.65. The number of rotatable bonds is 8. The lowest BCUT2D eigenvalue weighted by Gasteiger charge is -2.32. The molecular formula is C24H24Cl2N2O5S. The number of benzene rings is 2. The van der Waals surface area contributed by atoms with Crippen molar-refractivity contribution < 1.29 is 24.2 Å². The van der Waals surface area contributed by atoms with Crippen molar-refractivity contribution in [2.24, 2.45) is 5.92 Å². The molecule has 2 amide bonds. The Bertz CT molecular complexity index is 1120. The van der Waals surface area contributed by atoms with Crippen molar-refractivity contribution >= 4 is 58.3 Å². The van der Waals surface area contributed by atoms with Crippen LogP contribution >= 0.6 is 35.0 Å². The summed E-state index contributed by atoms with van der Waals surface area (Å²) >= 11 is 14.5. The van der Waals surface area contributed by atoms with Crippen LogP contribution in [-0.4, -0.2) is 54.5 Å². The third-order valence-corrected chi connectivity index (χ3v) is 7.60. The van der Waals surface area contributed by atoms with Crippen LogP contribution in [0.3, 0.4) is 0 Å². The van der Waals surface area contributed by atoms with E-state index in [1.165, 1.54) is 11.8 Å². The number of hydrogen-bond acceptors (Lipinski definition) is 5. The predicted octanol–water partition coefficient (Wildman–Crippen LogP) is 4.61. The largest absolute Gasteiger partial charge is 0.496 e. The van der Waals surface area contributed by atoms with E-state index in [1.54, 1.807) is 24.1 Å². The first-order valence-corrected chi connectivity index (χ1v) is 12.1. The van der Waals surface area contributed by atoms with E-state index in [4.69, 9.17) is 33.0 Å². The van der Waals surface area contributed by atoms with E-state index in [2.05, 4.69) is 11.9 Å². The van der Waals surface area contributed by atoms with Gasteiger partial charge in [-0.05, 0) is 31.0 Å². The van der Waals surface area contributed by atoms with Crippen molar-refractivity contribution in [1.29, 1.82) is 0 Å². The van der Waals surface area contributed by atoms with Crippen LogP contribution in [-0.2, 0) is 14.4 Å². The number of para-hydroxylation sites is 1. The zero-order valence-electron chi connectivity index (χ0n) is 18.5. The summed E-state index contributed by atoms with van der Waals surface area (Å²) in [7, 11) is 1.60. The first kappa shape index (κ1) is 25.9. The Morgan fingerprint density at radius 2 is 1.79 bits per heavy atom. The van der Waals surface area contributed by atoms with Crippen molar-refractivity contribution in [2.75, 3.05) is 26.7 Å². The maximum absolute atomic E-state index is 13.0. The van der Waals surface area contributed by atoms with E-state index in [0.717, 1.165) is 4.90 Å². The van der Waals surface area contributed by atoms with Gasteiger partial charge in [-0.3, -0.25) is 14.4 Å². The van der Waals surface area contributed by atoms with E-state index in [9.17, 15) is 14.4 Å². The smallest absolute Gasteiger partial charge is 0.322 e. The topological polar surface area (TPSA) is 95.9 Å². The summed E-state index contributed by atoms with van der Waals surface area (Å²) in [4.78, 5) is 39.0. The average Bonchev–Trinajstić information content (AvgIpc) is 2.85. The minimum atomic E-state index is -1.10. The molecule has 0 unspecified atom stereocenters. The van der Waals surface area contributed by atoms with Crippen LogP contribution in [0.1, 0.15) is 18.4 Å². The van der Waals surface area contributed by atoms with Gasteiger partial charge in [0.1, 0.15) is 12.3 Å². The number of carbonyl (C=O) groups excluding carboxylic acids is 2. The van der Waals surface area contributed by atoms with Gasteiger partial charge in [-0.25, -0.2) is 0 Å². The Hall–Kier alpha value is -2.68. The first-order valence-electron chi connectivity index (χ1n) is 10.5. The van der Waals surface area contributed by atoms with Crippen LogP contribution < -0.4 is 10.1 Å². The van der Waals surface area contributed by atoms with Crippen LogP contribution in [0.2, 0.25) is 10.0 Å². The highest BCUT2D eigenvalue weighted by Crippen LogP contribution is 2.43. The number of halogens is 2. The van der Waals surface area contributed by atoms with E-state index < -0.39 is 12.5 Å². The second kappa shape index (κ2) is 11.6. The molecule has 0 aromatic heterocycles. The number of carboxylic acids is 1. The molecule has 0 spiro atoms. The molecule has 2 aromatic carbocycles. The highest BCUT2D eigenvalue weighted by Gasteiger charge is 2.29. The molecule has 10 heteroatoms. The van der Waals surface area contributed by atoms with Gasteiger partial charge in [-0.2, -0.15) is 0 Å². The molecule has 0 bridgehead atoms. The zero-order chi connectivity index (χ0) is 24.8. The number of nitrogens with zero attached hydrogens (tertiary/aromatic N) is 1. The maximum atomic E-state index is 13.0. The first-order chi connectivity index (χ1) is 16.2. The number of likely N-dealkylation sites (tertiary alicyclic amines) is 1. The van der Waals surface area contributed by atoms with Gasteiger partial charge < -0.3 is 20.1 Å². The van der Waals surface area contributed by atoms with E-state index >= 15 is 0 Å². The van der Waals surface area contributed by atoms with Crippen molar-refractivity contribution in [1.82, 2.24) is 10.2 Å². The van der Waals surface area contributed by atoms with Gasteiger partial charge in [0.25, 0.3) is 5.91 Å². The van der Waals surface area contributed by atoms with Crippen LogP contribution in [0.15, 0.2) is 52.8 Å². The number of methoxy groups -OCH3 is 1. The summed E-state index contributed by atoms with van der Waals surface area (Å²) in [6, 6.07) is 11.0. The molecule has 2 aromatic rings. The Kier molecular flexibility index (Phi) is 8.88. The SMILES string of the molecule is C=C(C(=O)N1CCC(C(=O)NCC(=O)O)CC1)c1ccc(Sc2ccccc2OC)c(Cl)c1Cl. The molecule has 3 rings (SSSR count). The van der Waals surface area contributed by atoms with Crippen LogP contribution in [0, 0.1) is 5.92 Å². The Morgan fingerprint density at radius 1 is 1.12 bits per heavy atom. The number of hydrogen-bond donors (Lipinski definition) is 2. The molecule has 0 radical (unpaired) electrons. The second-order valence-corrected chi connectivity index (χ2v) is 9.49. The van der Waals surface area contributed by atoms with Gasteiger partial charge in [-0.1, -0.05) is 59.7 Å². The molecule has 2 N–H and O–H groups in total. The minimum absolute atomic E-state index is 0.217. The van der Waals surface area contributed by atoms with Gasteiger partial charge in [-0.15, -0.1) is 0 Å². The van der Waals surface area contributed by atoms with Gasteiger partial charge in [0.2, 0.25) is 5.91 Å². The number of carboxylic acid groups (broad SMARTS) is 1. The third-order valence-electron chi connectivity index (χ3n) is 5.49. The molecule has 1 fully saturated rings. The molecule has 7 nitrogen and oxygen atoms in total. The fraction of sp³-hybridized carbons (Fsp3) is 0.292. The molecule has 1 saturated heterocycles. The number of aliphatic carboxylic acids is 1. The van der Waals surface area contributed by atoms with Crippen LogP contribution in [0.25, 0.3) is 5.57 Å². The Balaban J connectivity index is 1.67. The Morgan fingerprint density at radius 3 is 2.44 bits per heavy atom. The highest BCUT2D eigenvalue weighted by atomic mass is 35.5. The van der Waals surface area contributed by atoms with Crippen LogP contribution in [0.4, 0.5) is 0 Å². The fourth-order valence-electron chi connectivity index (χ4n) is 3.62. The number of carbonyl (C=O) groups is 3. The summed E-state index contributed by atoms with van der Waals surface area (Å²) in [5.41, 5.74) is 0.664. The monoisotopic (exact) mass is 522 g/mol. The number of ether oxygens (including phenoxy) is 1. The summed E-state index contributed by atoms with van der Waals surface area (Å²) in [6.45, 7) is 4.24. The number of amides is 2. The van der Waals surface area contributed by atoms with Crippen LogP contribution in [0.5, 0.6) is 5.75 Å². The summed E-state index contributed by atoms with van der Waals surface area (Å²) in [6.07, 6.45) is 0.876. The average molecular weight is 523 g/mol. The molecule has 180 valence electrons. The lowest BCUT2D eigenvalue weighted by molar-refractivity contribution is -0.139. The van der Waals surface area contributed by atoms with Gasteiger partial charge in [0.05, 0.1) is 22.1 Å². The Labute approximate surface area is 212 Å². The molecule has 0 aliphatic carbocycles. The summed E-state index contributed by atoms with van der Waals surface area (Å²) < 4.78 is 5.38. The standard InChI is InChI=1S/C24H24Cl2N2O5S/c1-14(24(32)28-11-9-15(10-12-28)23(31)27-13-20(29)30)16-7-8-19(22(26)21(16)25)34-18-6-4-3-5-17(18)33-2/h3-8,15H,1,9-13H2,2H3,(H,27,31)(H,29,30). The molecule has 0 atom stereocenters. The van der Waals surface area contributed by atoms with E-state index in [1.807, 2.05) is 24.3 Å². The maximum Gasteiger partial charge on any atom is 0.322 e. The molecule has 0 saturated carbocycles. The lowest BCUT2D eigenvalue weighted by Crippen LogP contribution is -2.44. The van der Waals surface area contributed by atoms with Crippen molar-refractivity contribution in [3.8, 4) is 5.75 Å². The lowest BCUT2D eigenvalue weighted by atomic mass is 9.95. The summed E-state index contributed by atoms with van der Waals surface area (Å²) in [5.74, 6) is -1.32. The van der Waals surface area contributed by atoms with Gasteiger partial charge in [0, 0.05) is 35.0 Å². The quantitative estimate of drug-likeness (QED) is 0.491. The number of nitrogens with one attached hydrogen (secondary N) is 1. The fourth-order valence-corrected chi connectivity index (χ4v) is 5.20. The highest BCUT2D eigenvalue weighted by molar-refractivity contribution is 7.99. The summed E-state index contributed by atoms with van der Waals surface area (Å²) in [5, 5.41) is 11.6. The molecule has 1 aliphatic heterocycles. The van der Waals surface area contributed by atoms with Crippen molar-refractivity contribution in [3.63, 3.8) is 0 Å². The van der Waals surface area contributed by atoms with E-state index in [0.29, 0.717) is 47.2 Å². The molecule has 34 heavy (non-hydrogen) atoms. The molecule has 1 heterocycles. The number of piperidine rings is 1. The van der Waals surface area contributed by atoms with Gasteiger partial charge in [0.15, 0.2) is 0 Å². The van der Waals surface area contributed by atoms with Gasteiger partial charge >= 0.3 is 5.97 Å². The molecule has 1 aliphatic rings. The third kappa shape index (κ3) is 6.05. The van der Waals surface area contributed by atoms with Crippen molar-refractivity contribution in [3.05, 3.63) is 58.6 Å². The normalized spacial score (nSPS) is 13.9. The van der Waals surface area contributed by atoms with Crippen molar-refractivity contribution in [2.45, 2.75) is 22.6 Å². The zero-order valence-corrected chi connectivity index (χ0v) is 20.8. The minimum Gasteiger partial charge on any atom is -0.496 e. The van der Waals surface area contributed by atoms with E-state index in [-0.39, 0.29) is 28.3 Å². The predicted molar refractivity (Wildman–Crippen MR) is 133 cm³/mol. The molecular weight excluding hydrogens is 499 g/mol.